The van der Waals surface area contributed by atoms with E-state index in [9.17, 15) is 8.42 Å². The molecule has 0 saturated carbocycles. The normalized spacial score (nSPS) is 22.8. The second kappa shape index (κ2) is 4.62. The summed E-state index contributed by atoms with van der Waals surface area (Å²) in [5.41, 5.74) is 5.58. The van der Waals surface area contributed by atoms with E-state index in [1.807, 2.05) is 0 Å². The van der Waals surface area contributed by atoms with Crippen LogP contribution in [0, 0.1) is 0 Å². The molecule has 2 N–H and O–H groups in total. The van der Waals surface area contributed by atoms with Gasteiger partial charge in [0.05, 0.1) is 4.34 Å². The number of halogens is 1. The van der Waals surface area contributed by atoms with Crippen molar-refractivity contribution in [2.75, 3.05) is 13.1 Å². The minimum atomic E-state index is -3.39. The molecule has 7 heteroatoms. The van der Waals surface area contributed by atoms with Crippen LogP contribution in [0.5, 0.6) is 0 Å². The summed E-state index contributed by atoms with van der Waals surface area (Å²) in [6.07, 6.45) is 1.72. The average Bonchev–Trinajstić information content (AvgIpc) is 2.85. The third-order valence-corrected chi connectivity index (χ3v) is 6.36. The highest BCUT2D eigenvalue weighted by Crippen LogP contribution is 2.31. The van der Waals surface area contributed by atoms with Crippen molar-refractivity contribution in [3.05, 3.63) is 16.5 Å². The van der Waals surface area contributed by atoms with Crippen molar-refractivity contribution < 1.29 is 8.42 Å². The predicted octanol–water partition coefficient (Wildman–Crippen LogP) is 1.51. The van der Waals surface area contributed by atoms with Gasteiger partial charge in [0.1, 0.15) is 4.21 Å². The molecule has 4 nitrogen and oxygen atoms in total. The molecule has 0 radical (unpaired) electrons. The van der Waals surface area contributed by atoms with E-state index >= 15 is 0 Å². The predicted molar refractivity (Wildman–Crippen MR) is 65.3 cm³/mol. The first-order chi connectivity index (χ1) is 7.55. The van der Waals surface area contributed by atoms with E-state index in [1.165, 1.54) is 4.31 Å². The SMILES string of the molecule is NC[C@@H]1CCCN1S(=O)(=O)c1ccc(Cl)s1. The number of thiophene rings is 1. The second-order valence-electron chi connectivity index (χ2n) is 3.71. The molecular weight excluding hydrogens is 268 g/mol. The van der Waals surface area contributed by atoms with E-state index in [-0.39, 0.29) is 6.04 Å². The molecule has 0 spiro atoms. The minimum Gasteiger partial charge on any atom is -0.329 e. The fourth-order valence-corrected chi connectivity index (χ4v) is 5.23. The van der Waals surface area contributed by atoms with Gasteiger partial charge < -0.3 is 5.73 Å². The lowest BCUT2D eigenvalue weighted by atomic mass is 10.2. The Kier molecular flexibility index (Phi) is 3.56. The van der Waals surface area contributed by atoms with E-state index in [2.05, 4.69) is 0 Å². The Morgan fingerprint density at radius 3 is 2.88 bits per heavy atom. The van der Waals surface area contributed by atoms with Gasteiger partial charge in [0, 0.05) is 19.1 Å². The van der Waals surface area contributed by atoms with E-state index in [0.29, 0.717) is 21.6 Å². The van der Waals surface area contributed by atoms with Gasteiger partial charge in [0.15, 0.2) is 0 Å². The molecule has 0 aliphatic carbocycles. The zero-order valence-electron chi connectivity index (χ0n) is 8.60. The molecule has 0 aromatic carbocycles. The minimum absolute atomic E-state index is 0.0640. The quantitative estimate of drug-likeness (QED) is 0.913. The van der Waals surface area contributed by atoms with Crippen molar-refractivity contribution in [2.45, 2.75) is 23.1 Å². The molecule has 0 unspecified atom stereocenters. The maximum absolute atomic E-state index is 12.2. The summed E-state index contributed by atoms with van der Waals surface area (Å²) in [5, 5.41) is 0. The summed E-state index contributed by atoms with van der Waals surface area (Å²) in [7, 11) is -3.39. The zero-order valence-corrected chi connectivity index (χ0v) is 11.0. The summed E-state index contributed by atoms with van der Waals surface area (Å²) in [4.78, 5) is 0. The molecule has 0 amide bonds. The fraction of sp³-hybridized carbons (Fsp3) is 0.556. The Morgan fingerprint density at radius 2 is 2.31 bits per heavy atom. The van der Waals surface area contributed by atoms with Crippen molar-refractivity contribution >= 4 is 33.0 Å². The average molecular weight is 281 g/mol. The fourth-order valence-electron chi connectivity index (χ4n) is 1.91. The summed E-state index contributed by atoms with van der Waals surface area (Å²) < 4.78 is 26.8. The van der Waals surface area contributed by atoms with Crippen LogP contribution < -0.4 is 5.73 Å². The molecule has 2 heterocycles. The molecule has 90 valence electrons. The zero-order chi connectivity index (χ0) is 11.8. The number of sulfonamides is 1. The molecule has 16 heavy (non-hydrogen) atoms. The second-order valence-corrected chi connectivity index (χ2v) is 7.54. The van der Waals surface area contributed by atoms with Crippen LogP contribution in [-0.2, 0) is 10.0 Å². The van der Waals surface area contributed by atoms with Crippen molar-refractivity contribution in [3.63, 3.8) is 0 Å². The number of rotatable bonds is 3. The molecule has 2 rings (SSSR count). The van der Waals surface area contributed by atoms with Gasteiger partial charge in [0.25, 0.3) is 10.0 Å². The number of hydrogen-bond donors (Lipinski definition) is 1. The van der Waals surface area contributed by atoms with Gasteiger partial charge in [-0.1, -0.05) is 11.6 Å². The van der Waals surface area contributed by atoms with Gasteiger partial charge in [-0.25, -0.2) is 8.42 Å². The van der Waals surface area contributed by atoms with E-state index in [1.54, 1.807) is 12.1 Å². The molecule has 1 aromatic rings. The van der Waals surface area contributed by atoms with Crippen LogP contribution in [0.4, 0.5) is 0 Å². The summed E-state index contributed by atoms with van der Waals surface area (Å²) >= 11 is 6.84. The van der Waals surface area contributed by atoms with Crippen LogP contribution in [0.1, 0.15) is 12.8 Å². The molecule has 1 aromatic heterocycles. The summed E-state index contributed by atoms with van der Waals surface area (Å²) in [6.45, 7) is 0.929. The van der Waals surface area contributed by atoms with Crippen molar-refractivity contribution in [1.29, 1.82) is 0 Å². The molecule has 1 saturated heterocycles. The third kappa shape index (κ3) is 2.12. The van der Waals surface area contributed by atoms with Gasteiger partial charge in [-0.05, 0) is 25.0 Å². The number of hydrogen-bond acceptors (Lipinski definition) is 4. The van der Waals surface area contributed by atoms with E-state index < -0.39 is 10.0 Å². The van der Waals surface area contributed by atoms with Gasteiger partial charge in [0.2, 0.25) is 0 Å². The Balaban J connectivity index is 2.32. The first kappa shape index (κ1) is 12.3. The van der Waals surface area contributed by atoms with E-state index in [0.717, 1.165) is 24.2 Å². The van der Waals surface area contributed by atoms with Gasteiger partial charge in [-0.3, -0.25) is 0 Å². The molecule has 1 atom stereocenters. The largest absolute Gasteiger partial charge is 0.329 e. The highest BCUT2D eigenvalue weighted by molar-refractivity contribution is 7.91. The van der Waals surface area contributed by atoms with Crippen LogP contribution in [0.3, 0.4) is 0 Å². The molecule has 1 aliphatic heterocycles. The Morgan fingerprint density at radius 1 is 1.56 bits per heavy atom. The van der Waals surface area contributed by atoms with Gasteiger partial charge >= 0.3 is 0 Å². The molecule has 1 aliphatic rings. The lowest BCUT2D eigenvalue weighted by Gasteiger charge is -2.21. The highest BCUT2D eigenvalue weighted by atomic mass is 35.5. The first-order valence-electron chi connectivity index (χ1n) is 5.03. The van der Waals surface area contributed by atoms with Crippen LogP contribution in [-0.4, -0.2) is 31.9 Å². The maximum atomic E-state index is 12.2. The summed E-state index contributed by atoms with van der Waals surface area (Å²) in [5.74, 6) is 0. The molecule has 1 fully saturated rings. The van der Waals surface area contributed by atoms with Crippen LogP contribution in [0.2, 0.25) is 4.34 Å². The van der Waals surface area contributed by atoms with Crippen molar-refractivity contribution in [3.8, 4) is 0 Å². The van der Waals surface area contributed by atoms with Gasteiger partial charge in [-0.15, -0.1) is 11.3 Å². The number of nitrogens with zero attached hydrogens (tertiary/aromatic N) is 1. The Labute approximate surface area is 104 Å². The summed E-state index contributed by atoms with van der Waals surface area (Å²) in [6, 6.07) is 3.09. The number of nitrogens with two attached hydrogens (primary N) is 1. The molecular formula is C9H13ClN2O2S2. The first-order valence-corrected chi connectivity index (χ1v) is 7.66. The van der Waals surface area contributed by atoms with Crippen molar-refractivity contribution in [1.82, 2.24) is 4.31 Å². The monoisotopic (exact) mass is 280 g/mol. The maximum Gasteiger partial charge on any atom is 0.252 e. The molecule has 0 bridgehead atoms. The highest BCUT2D eigenvalue weighted by Gasteiger charge is 2.35. The van der Waals surface area contributed by atoms with Crippen LogP contribution >= 0.6 is 22.9 Å². The standard InChI is InChI=1S/C9H13ClN2O2S2/c10-8-3-4-9(15-8)16(13,14)12-5-1-2-7(12)6-11/h3-4,7H,1-2,5-6,11H2/t7-/m0/s1. The van der Waals surface area contributed by atoms with Crippen LogP contribution in [0.25, 0.3) is 0 Å². The Hall–Kier alpha value is -0.140. The van der Waals surface area contributed by atoms with E-state index in [4.69, 9.17) is 17.3 Å². The Bertz CT molecular complexity index is 472. The lowest BCUT2D eigenvalue weighted by molar-refractivity contribution is 0.394. The lowest BCUT2D eigenvalue weighted by Crippen LogP contribution is -2.39. The van der Waals surface area contributed by atoms with Crippen LogP contribution in [0.15, 0.2) is 16.3 Å². The third-order valence-electron chi connectivity index (χ3n) is 2.71. The topological polar surface area (TPSA) is 63.4 Å². The van der Waals surface area contributed by atoms with Crippen molar-refractivity contribution in [2.24, 2.45) is 5.73 Å². The van der Waals surface area contributed by atoms with Gasteiger partial charge in [-0.2, -0.15) is 4.31 Å². The smallest absolute Gasteiger partial charge is 0.252 e.